The molecule has 1 aromatic carbocycles. The van der Waals surface area contributed by atoms with Gasteiger partial charge >= 0.3 is 0 Å². The summed E-state index contributed by atoms with van der Waals surface area (Å²) in [6.07, 6.45) is 2.55. The highest BCUT2D eigenvalue weighted by molar-refractivity contribution is 6.43. The average molecular weight is 320 g/mol. The lowest BCUT2D eigenvalue weighted by Crippen LogP contribution is -2.45. The van der Waals surface area contributed by atoms with Crippen molar-refractivity contribution < 1.29 is 0 Å². The fourth-order valence-electron chi connectivity index (χ4n) is 2.91. The third-order valence-corrected chi connectivity index (χ3v) is 4.99. The van der Waals surface area contributed by atoms with Gasteiger partial charge in [-0.25, -0.2) is 0 Å². The Hall–Kier alpha value is 0.01000. The van der Waals surface area contributed by atoms with E-state index < -0.39 is 0 Å². The molecular weight excluding hydrogens is 303 g/mol. The van der Waals surface area contributed by atoms with E-state index in [2.05, 4.69) is 10.2 Å². The molecular formula is C14H17Cl3N2. The lowest BCUT2D eigenvalue weighted by atomic mass is 9.99. The molecule has 0 unspecified atom stereocenters. The van der Waals surface area contributed by atoms with Crippen molar-refractivity contribution in [2.24, 2.45) is 5.92 Å². The summed E-state index contributed by atoms with van der Waals surface area (Å²) in [4.78, 5) is 2.52. The van der Waals surface area contributed by atoms with E-state index >= 15 is 0 Å². The highest BCUT2D eigenvalue weighted by Crippen LogP contribution is 2.48. The minimum absolute atomic E-state index is 0.366. The van der Waals surface area contributed by atoms with Crippen LogP contribution in [0.15, 0.2) is 12.1 Å². The van der Waals surface area contributed by atoms with Gasteiger partial charge in [0.15, 0.2) is 0 Å². The molecule has 1 atom stereocenters. The summed E-state index contributed by atoms with van der Waals surface area (Å²) < 4.78 is 0. The molecule has 104 valence electrons. The Morgan fingerprint density at radius 1 is 1.11 bits per heavy atom. The van der Waals surface area contributed by atoms with Crippen LogP contribution in [0.5, 0.6) is 0 Å². The fourth-order valence-corrected chi connectivity index (χ4v) is 3.64. The number of nitrogens with zero attached hydrogens (tertiary/aromatic N) is 1. The van der Waals surface area contributed by atoms with Crippen LogP contribution in [0, 0.1) is 5.92 Å². The van der Waals surface area contributed by atoms with E-state index in [9.17, 15) is 0 Å². The van der Waals surface area contributed by atoms with Gasteiger partial charge in [-0.2, -0.15) is 0 Å². The number of rotatable bonds is 3. The summed E-state index contributed by atoms with van der Waals surface area (Å²) in [5.41, 5.74) is 1.10. The number of hydrogen-bond donors (Lipinski definition) is 1. The fraction of sp³-hybridized carbons (Fsp3) is 0.571. The highest BCUT2D eigenvalue weighted by atomic mass is 35.5. The van der Waals surface area contributed by atoms with Crippen molar-refractivity contribution in [3.63, 3.8) is 0 Å². The van der Waals surface area contributed by atoms with E-state index in [4.69, 9.17) is 34.8 Å². The topological polar surface area (TPSA) is 15.3 Å². The lowest BCUT2D eigenvalue weighted by Gasteiger charge is -2.36. The van der Waals surface area contributed by atoms with Crippen LogP contribution in [0.2, 0.25) is 15.1 Å². The molecule has 5 heteroatoms. The van der Waals surface area contributed by atoms with Gasteiger partial charge in [-0.15, -0.1) is 0 Å². The number of halogens is 3. The molecule has 1 aromatic rings. The van der Waals surface area contributed by atoms with Crippen LogP contribution >= 0.6 is 34.8 Å². The van der Waals surface area contributed by atoms with Crippen LogP contribution in [-0.4, -0.2) is 31.1 Å². The van der Waals surface area contributed by atoms with E-state index in [0.717, 1.165) is 31.7 Å². The molecule has 2 aliphatic rings. The Kier molecular flexibility index (Phi) is 4.25. The van der Waals surface area contributed by atoms with Crippen molar-refractivity contribution in [3.05, 3.63) is 32.8 Å². The van der Waals surface area contributed by atoms with Crippen LogP contribution in [0.1, 0.15) is 24.4 Å². The van der Waals surface area contributed by atoms with Gasteiger partial charge in [-0.3, -0.25) is 4.90 Å². The van der Waals surface area contributed by atoms with Crippen molar-refractivity contribution in [1.29, 1.82) is 0 Å². The maximum atomic E-state index is 6.42. The van der Waals surface area contributed by atoms with E-state index in [1.54, 1.807) is 6.07 Å². The van der Waals surface area contributed by atoms with Crippen LogP contribution in [0.3, 0.4) is 0 Å². The molecule has 1 heterocycles. The zero-order valence-corrected chi connectivity index (χ0v) is 12.9. The normalized spacial score (nSPS) is 22.5. The van der Waals surface area contributed by atoms with Gasteiger partial charge < -0.3 is 5.32 Å². The van der Waals surface area contributed by atoms with Crippen molar-refractivity contribution in [2.45, 2.75) is 18.9 Å². The molecule has 19 heavy (non-hydrogen) atoms. The first-order valence-corrected chi connectivity index (χ1v) is 7.89. The first-order chi connectivity index (χ1) is 9.16. The summed E-state index contributed by atoms with van der Waals surface area (Å²) in [5, 5.41) is 5.29. The van der Waals surface area contributed by atoms with E-state index in [-0.39, 0.29) is 0 Å². The smallest absolute Gasteiger partial charge is 0.0641 e. The Balaban J connectivity index is 1.95. The van der Waals surface area contributed by atoms with Crippen LogP contribution in [-0.2, 0) is 0 Å². The Bertz CT molecular complexity index is 468. The molecule has 1 aliphatic carbocycles. The zero-order valence-electron chi connectivity index (χ0n) is 10.6. The summed E-state index contributed by atoms with van der Waals surface area (Å²) >= 11 is 18.8. The van der Waals surface area contributed by atoms with Crippen molar-refractivity contribution in [2.75, 3.05) is 26.2 Å². The molecule has 0 spiro atoms. The van der Waals surface area contributed by atoms with Gasteiger partial charge in [0.25, 0.3) is 0 Å². The van der Waals surface area contributed by atoms with E-state index in [1.165, 1.54) is 12.8 Å². The van der Waals surface area contributed by atoms with Gasteiger partial charge in [0.05, 0.1) is 10.0 Å². The molecule has 1 N–H and O–H groups in total. The number of benzene rings is 1. The van der Waals surface area contributed by atoms with Gasteiger partial charge in [0.2, 0.25) is 0 Å². The second-order valence-electron chi connectivity index (χ2n) is 5.36. The number of hydrogen-bond acceptors (Lipinski definition) is 2. The second kappa shape index (κ2) is 5.79. The highest BCUT2D eigenvalue weighted by Gasteiger charge is 2.38. The maximum absolute atomic E-state index is 6.42. The second-order valence-corrected chi connectivity index (χ2v) is 6.58. The molecule has 1 aliphatic heterocycles. The minimum atomic E-state index is 0.366. The zero-order chi connectivity index (χ0) is 13.4. The van der Waals surface area contributed by atoms with Gasteiger partial charge in [-0.05, 0) is 36.5 Å². The Morgan fingerprint density at radius 3 is 2.42 bits per heavy atom. The average Bonchev–Trinajstić information content (AvgIpc) is 3.21. The Labute approximate surface area is 129 Å². The minimum Gasteiger partial charge on any atom is -0.314 e. The Morgan fingerprint density at radius 2 is 1.79 bits per heavy atom. The SMILES string of the molecule is Clc1cc(Cl)c(Cl)c([C@@H](C2CC2)N2CCNCC2)c1. The van der Waals surface area contributed by atoms with Crippen molar-refractivity contribution >= 4 is 34.8 Å². The number of nitrogens with one attached hydrogen (secondary N) is 1. The lowest BCUT2D eigenvalue weighted by molar-refractivity contribution is 0.156. The number of piperazine rings is 1. The molecule has 0 bridgehead atoms. The third kappa shape index (κ3) is 3.03. The molecule has 1 saturated carbocycles. The third-order valence-electron chi connectivity index (χ3n) is 3.95. The van der Waals surface area contributed by atoms with E-state index in [1.807, 2.05) is 6.07 Å². The van der Waals surface area contributed by atoms with Crippen LogP contribution in [0.4, 0.5) is 0 Å². The van der Waals surface area contributed by atoms with E-state index in [0.29, 0.717) is 27.0 Å². The van der Waals surface area contributed by atoms with Gasteiger partial charge in [-0.1, -0.05) is 34.8 Å². The van der Waals surface area contributed by atoms with Gasteiger partial charge in [0.1, 0.15) is 0 Å². The molecule has 2 nitrogen and oxygen atoms in total. The molecule has 1 saturated heterocycles. The summed E-state index contributed by atoms with van der Waals surface area (Å²) in [6.45, 7) is 4.19. The summed E-state index contributed by atoms with van der Waals surface area (Å²) in [7, 11) is 0. The van der Waals surface area contributed by atoms with Crippen molar-refractivity contribution in [1.82, 2.24) is 10.2 Å². The first kappa shape index (κ1) is 14.0. The molecule has 0 aromatic heterocycles. The summed E-state index contributed by atoms with van der Waals surface area (Å²) in [5.74, 6) is 0.699. The molecule has 3 rings (SSSR count). The standard InChI is InChI=1S/C14H17Cl3N2/c15-10-7-11(13(17)12(16)8-10)14(9-1-2-9)19-5-3-18-4-6-19/h7-9,14,18H,1-6H2/t14-/m1/s1. The van der Waals surface area contributed by atoms with Crippen molar-refractivity contribution in [3.8, 4) is 0 Å². The summed E-state index contributed by atoms with van der Waals surface area (Å²) in [6, 6.07) is 4.07. The molecule has 0 radical (unpaired) electrons. The predicted octanol–water partition coefficient (Wildman–Crippen LogP) is 4.00. The predicted molar refractivity (Wildman–Crippen MR) is 81.4 cm³/mol. The largest absolute Gasteiger partial charge is 0.314 e. The monoisotopic (exact) mass is 318 g/mol. The molecule has 0 amide bonds. The maximum Gasteiger partial charge on any atom is 0.0641 e. The van der Waals surface area contributed by atoms with Gasteiger partial charge in [0, 0.05) is 37.2 Å². The van der Waals surface area contributed by atoms with Crippen LogP contribution < -0.4 is 5.32 Å². The first-order valence-electron chi connectivity index (χ1n) is 6.76. The quantitative estimate of drug-likeness (QED) is 0.847. The van der Waals surface area contributed by atoms with Crippen LogP contribution in [0.25, 0.3) is 0 Å². The molecule has 2 fully saturated rings.